The number of carboxylic acid groups (broad SMARTS) is 1. The minimum Gasteiger partial charge on any atom is -0.480 e. The second kappa shape index (κ2) is 7.59. The number of rotatable bonds is 7. The lowest BCUT2D eigenvalue weighted by atomic mass is 10.2. The highest BCUT2D eigenvalue weighted by atomic mass is 35.5. The van der Waals surface area contributed by atoms with Crippen molar-refractivity contribution in [1.29, 1.82) is 0 Å². The predicted octanol–water partition coefficient (Wildman–Crippen LogP) is 2.53. The summed E-state index contributed by atoms with van der Waals surface area (Å²) in [6.45, 7) is 1.48. The number of carbonyl (C=O) groups is 1. The molecule has 0 saturated carbocycles. The molecule has 18 heavy (non-hydrogen) atoms. The molecule has 0 atom stereocenters. The van der Waals surface area contributed by atoms with Gasteiger partial charge >= 0.3 is 5.97 Å². The first kappa shape index (κ1) is 15.2. The highest BCUT2D eigenvalue weighted by molar-refractivity contribution is 6.42. The van der Waals surface area contributed by atoms with E-state index >= 15 is 0 Å². The Hall–Kier alpha value is -0.810. The molecule has 0 bridgehead atoms. The van der Waals surface area contributed by atoms with E-state index in [0.717, 1.165) is 5.56 Å². The fourth-order valence-corrected chi connectivity index (χ4v) is 1.84. The van der Waals surface area contributed by atoms with Gasteiger partial charge in [0.1, 0.15) is 0 Å². The molecular formula is C12H15Cl2NO3. The van der Waals surface area contributed by atoms with Crippen molar-refractivity contribution < 1.29 is 14.6 Å². The summed E-state index contributed by atoms with van der Waals surface area (Å²) in [5.74, 6) is -0.869. The fourth-order valence-electron chi connectivity index (χ4n) is 1.52. The van der Waals surface area contributed by atoms with Gasteiger partial charge in [0.15, 0.2) is 0 Å². The number of methoxy groups -OCH3 is 1. The molecule has 6 heteroatoms. The van der Waals surface area contributed by atoms with E-state index in [1.165, 1.54) is 0 Å². The molecule has 1 aromatic carbocycles. The molecule has 1 N–H and O–H groups in total. The summed E-state index contributed by atoms with van der Waals surface area (Å²) >= 11 is 11.7. The topological polar surface area (TPSA) is 49.8 Å². The molecule has 0 aliphatic rings. The lowest BCUT2D eigenvalue weighted by molar-refractivity contribution is -0.138. The van der Waals surface area contributed by atoms with Crippen molar-refractivity contribution in [1.82, 2.24) is 4.90 Å². The minimum atomic E-state index is -0.869. The summed E-state index contributed by atoms with van der Waals surface area (Å²) in [6, 6.07) is 5.27. The molecule has 1 aromatic rings. The van der Waals surface area contributed by atoms with Crippen LogP contribution in [-0.2, 0) is 16.1 Å². The van der Waals surface area contributed by atoms with Crippen molar-refractivity contribution in [2.24, 2.45) is 0 Å². The fraction of sp³-hybridized carbons (Fsp3) is 0.417. The van der Waals surface area contributed by atoms with Crippen LogP contribution in [0.4, 0.5) is 0 Å². The van der Waals surface area contributed by atoms with Crippen molar-refractivity contribution in [3.63, 3.8) is 0 Å². The van der Waals surface area contributed by atoms with Gasteiger partial charge in [-0.3, -0.25) is 9.69 Å². The quantitative estimate of drug-likeness (QED) is 0.839. The molecule has 0 amide bonds. The van der Waals surface area contributed by atoms with Crippen LogP contribution in [0.2, 0.25) is 10.0 Å². The molecule has 0 aromatic heterocycles. The van der Waals surface area contributed by atoms with Crippen LogP contribution in [-0.4, -0.2) is 42.8 Å². The number of halogens is 2. The van der Waals surface area contributed by atoms with Gasteiger partial charge in [-0.2, -0.15) is 0 Å². The number of benzene rings is 1. The standard InChI is InChI=1S/C12H15Cl2NO3/c1-18-5-4-15(8-12(16)17)7-9-2-3-10(13)11(14)6-9/h2-3,6H,4-5,7-8H2,1H3,(H,16,17). The first-order chi connectivity index (χ1) is 8.52. The summed E-state index contributed by atoms with van der Waals surface area (Å²) in [4.78, 5) is 12.5. The van der Waals surface area contributed by atoms with E-state index in [2.05, 4.69) is 0 Å². The van der Waals surface area contributed by atoms with Gasteiger partial charge in [0.25, 0.3) is 0 Å². The van der Waals surface area contributed by atoms with E-state index in [1.807, 2.05) is 6.07 Å². The van der Waals surface area contributed by atoms with Crippen LogP contribution < -0.4 is 0 Å². The van der Waals surface area contributed by atoms with Gasteiger partial charge in [0.05, 0.1) is 23.2 Å². The van der Waals surface area contributed by atoms with Crippen molar-refractivity contribution in [3.8, 4) is 0 Å². The maximum absolute atomic E-state index is 10.8. The largest absolute Gasteiger partial charge is 0.480 e. The molecule has 0 fully saturated rings. The third kappa shape index (κ3) is 5.23. The van der Waals surface area contributed by atoms with E-state index in [1.54, 1.807) is 24.1 Å². The maximum atomic E-state index is 10.8. The van der Waals surface area contributed by atoms with Crippen LogP contribution in [0.15, 0.2) is 18.2 Å². The molecule has 0 saturated heterocycles. The van der Waals surface area contributed by atoms with E-state index in [4.69, 9.17) is 33.0 Å². The van der Waals surface area contributed by atoms with Gasteiger partial charge < -0.3 is 9.84 Å². The molecule has 0 unspecified atom stereocenters. The van der Waals surface area contributed by atoms with Gasteiger partial charge in [-0.25, -0.2) is 0 Å². The average molecular weight is 292 g/mol. The highest BCUT2D eigenvalue weighted by Crippen LogP contribution is 2.23. The van der Waals surface area contributed by atoms with Crippen molar-refractivity contribution >= 4 is 29.2 Å². The monoisotopic (exact) mass is 291 g/mol. The van der Waals surface area contributed by atoms with Crippen LogP contribution in [0.1, 0.15) is 5.56 Å². The van der Waals surface area contributed by atoms with Crippen molar-refractivity contribution in [2.45, 2.75) is 6.54 Å². The lowest BCUT2D eigenvalue weighted by Gasteiger charge is -2.20. The Bertz CT molecular complexity index is 412. The van der Waals surface area contributed by atoms with Crippen LogP contribution >= 0.6 is 23.2 Å². The minimum absolute atomic E-state index is 0.0381. The van der Waals surface area contributed by atoms with E-state index < -0.39 is 5.97 Å². The van der Waals surface area contributed by atoms with Gasteiger partial charge in [-0.1, -0.05) is 29.3 Å². The smallest absolute Gasteiger partial charge is 0.317 e. The first-order valence-electron chi connectivity index (χ1n) is 5.40. The zero-order valence-electron chi connectivity index (χ0n) is 10.0. The SMILES string of the molecule is COCCN(CC(=O)O)Cc1ccc(Cl)c(Cl)c1. The van der Waals surface area contributed by atoms with E-state index in [-0.39, 0.29) is 6.54 Å². The van der Waals surface area contributed by atoms with Crippen molar-refractivity contribution in [3.05, 3.63) is 33.8 Å². The van der Waals surface area contributed by atoms with E-state index in [9.17, 15) is 4.79 Å². The zero-order chi connectivity index (χ0) is 13.5. The number of nitrogens with zero attached hydrogens (tertiary/aromatic N) is 1. The summed E-state index contributed by atoms with van der Waals surface area (Å²) in [5, 5.41) is 9.79. The number of ether oxygens (including phenoxy) is 1. The third-order valence-electron chi connectivity index (χ3n) is 2.36. The second-order valence-electron chi connectivity index (χ2n) is 3.85. The first-order valence-corrected chi connectivity index (χ1v) is 6.15. The normalized spacial score (nSPS) is 10.9. The Balaban J connectivity index is 2.68. The van der Waals surface area contributed by atoms with Crippen molar-refractivity contribution in [2.75, 3.05) is 26.8 Å². The van der Waals surface area contributed by atoms with Crippen LogP contribution in [0.3, 0.4) is 0 Å². The summed E-state index contributed by atoms with van der Waals surface area (Å²) in [6.07, 6.45) is 0. The molecular weight excluding hydrogens is 277 g/mol. The molecule has 0 spiro atoms. The molecule has 0 aliphatic heterocycles. The predicted molar refractivity (Wildman–Crippen MR) is 71.3 cm³/mol. The Morgan fingerprint density at radius 1 is 1.39 bits per heavy atom. The Kier molecular flexibility index (Phi) is 6.43. The van der Waals surface area contributed by atoms with Crippen LogP contribution in [0, 0.1) is 0 Å². The molecule has 0 heterocycles. The molecule has 4 nitrogen and oxygen atoms in total. The highest BCUT2D eigenvalue weighted by Gasteiger charge is 2.11. The molecule has 0 radical (unpaired) electrons. The number of hydrogen-bond donors (Lipinski definition) is 1. The maximum Gasteiger partial charge on any atom is 0.317 e. The Labute approximate surface area is 116 Å². The van der Waals surface area contributed by atoms with Gasteiger partial charge in [0, 0.05) is 20.2 Å². The third-order valence-corrected chi connectivity index (χ3v) is 3.10. The molecule has 0 aliphatic carbocycles. The lowest BCUT2D eigenvalue weighted by Crippen LogP contribution is -2.32. The summed E-state index contributed by atoms with van der Waals surface area (Å²) in [7, 11) is 1.58. The number of hydrogen-bond acceptors (Lipinski definition) is 3. The van der Waals surface area contributed by atoms with Gasteiger partial charge in [0.2, 0.25) is 0 Å². The summed E-state index contributed by atoms with van der Waals surface area (Å²) in [5.41, 5.74) is 0.918. The summed E-state index contributed by atoms with van der Waals surface area (Å²) < 4.78 is 4.95. The van der Waals surface area contributed by atoms with Crippen LogP contribution in [0.5, 0.6) is 0 Å². The molecule has 100 valence electrons. The number of aliphatic carboxylic acids is 1. The second-order valence-corrected chi connectivity index (χ2v) is 4.66. The van der Waals surface area contributed by atoms with Gasteiger partial charge in [-0.15, -0.1) is 0 Å². The molecule has 1 rings (SSSR count). The van der Waals surface area contributed by atoms with E-state index in [0.29, 0.717) is 29.7 Å². The zero-order valence-corrected chi connectivity index (χ0v) is 11.5. The average Bonchev–Trinajstić information content (AvgIpc) is 2.30. The van der Waals surface area contributed by atoms with Crippen LogP contribution in [0.25, 0.3) is 0 Å². The Morgan fingerprint density at radius 3 is 2.67 bits per heavy atom. The van der Waals surface area contributed by atoms with Gasteiger partial charge in [-0.05, 0) is 17.7 Å². The Morgan fingerprint density at radius 2 is 2.11 bits per heavy atom. The number of carboxylic acids is 1.